The van der Waals surface area contributed by atoms with Crippen molar-refractivity contribution in [2.45, 2.75) is 20.3 Å². The first-order valence-electron chi connectivity index (χ1n) is 5.72. The molecular weight excluding hydrogens is 214 g/mol. The topological polar surface area (TPSA) is 78.0 Å². The maximum Gasteiger partial charge on any atom is 0.141 e. The van der Waals surface area contributed by atoms with Gasteiger partial charge in [-0.15, -0.1) is 0 Å². The number of aromatic nitrogens is 1. The quantitative estimate of drug-likeness (QED) is 0.578. The second-order valence-corrected chi connectivity index (χ2v) is 4.29. The van der Waals surface area contributed by atoms with Gasteiger partial charge in [-0.25, -0.2) is 10.8 Å². The summed E-state index contributed by atoms with van der Waals surface area (Å²) < 4.78 is 0. The second kappa shape index (κ2) is 6.71. The maximum atomic E-state index is 8.68. The highest BCUT2D eigenvalue weighted by Gasteiger charge is 2.09. The lowest BCUT2D eigenvalue weighted by atomic mass is 10.2. The third kappa shape index (κ3) is 4.29. The number of nitrogens with zero attached hydrogens (tertiary/aromatic N) is 3. The Labute approximate surface area is 102 Å². The molecule has 5 nitrogen and oxygen atoms in total. The summed E-state index contributed by atoms with van der Waals surface area (Å²) >= 11 is 0. The van der Waals surface area contributed by atoms with Crippen molar-refractivity contribution in [2.75, 3.05) is 23.4 Å². The number of pyridine rings is 1. The van der Waals surface area contributed by atoms with Crippen molar-refractivity contribution < 1.29 is 0 Å². The minimum absolute atomic E-state index is 0.514. The number of hydrazine groups is 1. The van der Waals surface area contributed by atoms with Gasteiger partial charge < -0.3 is 10.3 Å². The van der Waals surface area contributed by atoms with Crippen molar-refractivity contribution in [1.82, 2.24) is 4.98 Å². The zero-order valence-electron chi connectivity index (χ0n) is 10.3. The van der Waals surface area contributed by atoms with E-state index in [4.69, 9.17) is 11.1 Å². The lowest BCUT2D eigenvalue weighted by Gasteiger charge is -2.26. The van der Waals surface area contributed by atoms with Crippen molar-refractivity contribution >= 4 is 11.5 Å². The van der Waals surface area contributed by atoms with Crippen molar-refractivity contribution in [3.8, 4) is 6.07 Å². The molecule has 1 aromatic rings. The van der Waals surface area contributed by atoms with E-state index in [0.29, 0.717) is 18.2 Å². The summed E-state index contributed by atoms with van der Waals surface area (Å²) in [5.41, 5.74) is 3.57. The summed E-state index contributed by atoms with van der Waals surface area (Å²) in [4.78, 5) is 6.25. The van der Waals surface area contributed by atoms with Crippen molar-refractivity contribution in [1.29, 1.82) is 5.26 Å². The Hall–Kier alpha value is -1.80. The number of anilines is 2. The molecule has 1 aromatic heterocycles. The van der Waals surface area contributed by atoms with E-state index in [-0.39, 0.29) is 0 Å². The summed E-state index contributed by atoms with van der Waals surface area (Å²) in [6.07, 6.45) is 2.23. The number of nitriles is 1. The number of hydrogen-bond acceptors (Lipinski definition) is 5. The van der Waals surface area contributed by atoms with E-state index in [1.54, 1.807) is 6.20 Å². The first-order chi connectivity index (χ1) is 8.17. The van der Waals surface area contributed by atoms with Crippen LogP contribution in [0, 0.1) is 17.2 Å². The van der Waals surface area contributed by atoms with Crippen molar-refractivity contribution in [3.63, 3.8) is 0 Å². The van der Waals surface area contributed by atoms with E-state index < -0.39 is 0 Å². The van der Waals surface area contributed by atoms with Gasteiger partial charge in [-0.1, -0.05) is 13.8 Å². The van der Waals surface area contributed by atoms with Crippen LogP contribution in [0.5, 0.6) is 0 Å². The second-order valence-electron chi connectivity index (χ2n) is 4.29. The molecule has 0 saturated heterocycles. The van der Waals surface area contributed by atoms with E-state index in [1.807, 2.05) is 12.1 Å². The van der Waals surface area contributed by atoms with Crippen LogP contribution in [0.4, 0.5) is 11.5 Å². The molecule has 0 atom stereocenters. The van der Waals surface area contributed by atoms with Crippen molar-refractivity contribution in [2.24, 2.45) is 11.8 Å². The van der Waals surface area contributed by atoms with Gasteiger partial charge in [0, 0.05) is 31.0 Å². The Bertz CT molecular complexity index is 383. The van der Waals surface area contributed by atoms with E-state index in [1.165, 1.54) is 0 Å². The molecule has 17 heavy (non-hydrogen) atoms. The zero-order chi connectivity index (χ0) is 12.7. The first kappa shape index (κ1) is 13.3. The number of hydrogen-bond donors (Lipinski definition) is 2. The van der Waals surface area contributed by atoms with Crippen LogP contribution in [0.2, 0.25) is 0 Å². The third-order valence-electron chi connectivity index (χ3n) is 2.34. The molecule has 1 heterocycles. The smallest absolute Gasteiger partial charge is 0.141 e. The Kier molecular flexibility index (Phi) is 5.24. The van der Waals surface area contributed by atoms with Crippen LogP contribution >= 0.6 is 0 Å². The summed E-state index contributed by atoms with van der Waals surface area (Å²) in [7, 11) is 0. The predicted molar refractivity (Wildman–Crippen MR) is 69.3 cm³/mol. The third-order valence-corrected chi connectivity index (χ3v) is 2.34. The van der Waals surface area contributed by atoms with Gasteiger partial charge in [-0.3, -0.25) is 0 Å². The molecule has 0 aliphatic rings. The lowest BCUT2D eigenvalue weighted by molar-refractivity contribution is 0.612. The number of nitrogen functional groups attached to an aromatic ring is 1. The van der Waals surface area contributed by atoms with Crippen LogP contribution in [0.3, 0.4) is 0 Å². The van der Waals surface area contributed by atoms with Gasteiger partial charge in [0.05, 0.1) is 12.5 Å². The molecule has 0 spiro atoms. The van der Waals surface area contributed by atoms with Gasteiger partial charge in [-0.2, -0.15) is 5.26 Å². The summed E-state index contributed by atoms with van der Waals surface area (Å²) in [5.74, 6) is 6.51. The fourth-order valence-electron chi connectivity index (χ4n) is 1.65. The van der Waals surface area contributed by atoms with E-state index in [2.05, 4.69) is 35.2 Å². The van der Waals surface area contributed by atoms with Gasteiger partial charge in [0.25, 0.3) is 0 Å². The van der Waals surface area contributed by atoms with E-state index in [9.17, 15) is 0 Å². The fraction of sp³-hybridized carbons (Fsp3) is 0.500. The van der Waals surface area contributed by atoms with Gasteiger partial charge in [0.15, 0.2) is 0 Å². The highest BCUT2D eigenvalue weighted by molar-refractivity contribution is 5.53. The Balaban J connectivity index is 2.83. The molecule has 0 radical (unpaired) electrons. The minimum Gasteiger partial charge on any atom is -0.370 e. The molecule has 0 saturated carbocycles. The first-order valence-corrected chi connectivity index (χ1v) is 5.72. The summed E-state index contributed by atoms with van der Waals surface area (Å²) in [5, 5.41) is 8.68. The Morgan fingerprint density at radius 3 is 2.94 bits per heavy atom. The van der Waals surface area contributed by atoms with Crippen LogP contribution in [0.1, 0.15) is 20.3 Å². The van der Waals surface area contributed by atoms with Crippen LogP contribution in [-0.4, -0.2) is 18.1 Å². The Morgan fingerprint density at radius 2 is 2.35 bits per heavy atom. The summed E-state index contributed by atoms with van der Waals surface area (Å²) in [6.45, 7) is 5.95. The van der Waals surface area contributed by atoms with Gasteiger partial charge in [-0.05, 0) is 12.0 Å². The number of nitrogens with one attached hydrogen (secondary N) is 1. The molecule has 92 valence electrons. The largest absolute Gasteiger partial charge is 0.370 e. The average molecular weight is 233 g/mol. The van der Waals surface area contributed by atoms with E-state index >= 15 is 0 Å². The van der Waals surface area contributed by atoms with Crippen LogP contribution in [-0.2, 0) is 0 Å². The average Bonchev–Trinajstić information content (AvgIpc) is 2.34. The van der Waals surface area contributed by atoms with Crippen LogP contribution in [0.15, 0.2) is 18.3 Å². The molecule has 0 aliphatic carbocycles. The normalized spacial score (nSPS) is 10.1. The van der Waals surface area contributed by atoms with E-state index in [0.717, 1.165) is 18.8 Å². The van der Waals surface area contributed by atoms with Crippen LogP contribution in [0.25, 0.3) is 0 Å². The summed E-state index contributed by atoms with van der Waals surface area (Å²) in [6, 6.07) is 5.99. The minimum atomic E-state index is 0.514. The van der Waals surface area contributed by atoms with Crippen LogP contribution < -0.4 is 16.2 Å². The SMILES string of the molecule is CC(C)CN(CCC#N)c1ccnc(NN)c1. The molecule has 0 unspecified atom stereocenters. The molecule has 0 bridgehead atoms. The maximum absolute atomic E-state index is 8.68. The predicted octanol–water partition coefficient (Wildman–Crippen LogP) is 1.74. The molecule has 0 amide bonds. The Morgan fingerprint density at radius 1 is 1.59 bits per heavy atom. The number of nitrogens with two attached hydrogens (primary N) is 1. The monoisotopic (exact) mass is 233 g/mol. The molecular formula is C12H19N5. The molecule has 3 N–H and O–H groups in total. The highest BCUT2D eigenvalue weighted by atomic mass is 15.2. The standard InChI is InChI=1S/C12H19N5/c1-10(2)9-17(7-3-5-13)11-4-6-15-12(8-11)16-14/h4,6,8,10H,3,7,9,14H2,1-2H3,(H,15,16). The number of rotatable bonds is 6. The fourth-order valence-corrected chi connectivity index (χ4v) is 1.65. The van der Waals surface area contributed by atoms with Gasteiger partial charge >= 0.3 is 0 Å². The molecule has 0 aromatic carbocycles. The molecule has 0 fully saturated rings. The van der Waals surface area contributed by atoms with Gasteiger partial charge in [0.1, 0.15) is 5.82 Å². The van der Waals surface area contributed by atoms with Gasteiger partial charge in [0.2, 0.25) is 0 Å². The van der Waals surface area contributed by atoms with Crippen molar-refractivity contribution in [3.05, 3.63) is 18.3 Å². The molecule has 5 heteroatoms. The molecule has 0 aliphatic heterocycles. The molecule has 1 rings (SSSR count). The lowest BCUT2D eigenvalue weighted by Crippen LogP contribution is -2.28. The zero-order valence-corrected chi connectivity index (χ0v) is 10.3. The highest BCUT2D eigenvalue weighted by Crippen LogP contribution is 2.18.